The third-order valence-electron chi connectivity index (χ3n) is 5.77. The Morgan fingerprint density at radius 3 is 2.93 bits per heavy atom. The minimum atomic E-state index is 0.00412. The first kappa shape index (κ1) is 18.0. The molecule has 0 aliphatic carbocycles. The van der Waals surface area contributed by atoms with E-state index in [0.717, 1.165) is 55.8 Å². The van der Waals surface area contributed by atoms with Gasteiger partial charge in [-0.1, -0.05) is 6.07 Å². The van der Waals surface area contributed by atoms with Gasteiger partial charge in [-0.2, -0.15) is 0 Å². The Morgan fingerprint density at radius 2 is 2.15 bits per heavy atom. The van der Waals surface area contributed by atoms with E-state index in [1.165, 1.54) is 0 Å². The third kappa shape index (κ3) is 3.56. The molecule has 0 saturated carbocycles. The number of imidazole rings is 1. The van der Waals surface area contributed by atoms with Crippen molar-refractivity contribution in [2.75, 3.05) is 33.2 Å². The number of aromatic nitrogens is 2. The van der Waals surface area contributed by atoms with Crippen molar-refractivity contribution in [2.24, 2.45) is 5.92 Å². The van der Waals surface area contributed by atoms with E-state index in [1.54, 1.807) is 0 Å². The minimum absolute atomic E-state index is 0.00412. The van der Waals surface area contributed by atoms with Crippen LogP contribution in [-0.2, 0) is 4.79 Å². The summed E-state index contributed by atoms with van der Waals surface area (Å²) >= 11 is 0. The molecule has 1 unspecified atom stereocenters. The van der Waals surface area contributed by atoms with Gasteiger partial charge < -0.3 is 20.1 Å². The molecule has 2 saturated heterocycles. The molecule has 7 nitrogen and oxygen atoms in total. The summed E-state index contributed by atoms with van der Waals surface area (Å²) in [6.07, 6.45) is 2.80. The number of carbonyl (C=O) groups is 2. The molecule has 1 aromatic heterocycles. The largest absolute Gasteiger partial charge is 0.354 e. The van der Waals surface area contributed by atoms with Gasteiger partial charge in [0.25, 0.3) is 5.91 Å². The van der Waals surface area contributed by atoms with E-state index in [-0.39, 0.29) is 23.8 Å². The number of para-hydroxylation sites is 1. The SMILES string of the molecule is Cc1nc2c(C(=O)N3CCC[C@@H]3CNC(=O)C3CCN(C)C3)cccc2[nH]1. The van der Waals surface area contributed by atoms with Gasteiger partial charge in [-0.3, -0.25) is 9.59 Å². The zero-order valence-corrected chi connectivity index (χ0v) is 16.0. The van der Waals surface area contributed by atoms with Crippen molar-refractivity contribution in [3.05, 3.63) is 29.6 Å². The fourth-order valence-electron chi connectivity index (χ4n) is 4.31. The predicted molar refractivity (Wildman–Crippen MR) is 104 cm³/mol. The van der Waals surface area contributed by atoms with Crippen LogP contribution in [-0.4, -0.2) is 70.9 Å². The Morgan fingerprint density at radius 1 is 1.30 bits per heavy atom. The van der Waals surface area contributed by atoms with Crippen molar-refractivity contribution in [2.45, 2.75) is 32.2 Å². The summed E-state index contributed by atoms with van der Waals surface area (Å²) in [5, 5.41) is 3.08. The highest BCUT2D eigenvalue weighted by molar-refractivity contribution is 6.05. The molecule has 27 heavy (non-hydrogen) atoms. The lowest BCUT2D eigenvalue weighted by Crippen LogP contribution is -2.44. The van der Waals surface area contributed by atoms with Crippen molar-refractivity contribution in [3.8, 4) is 0 Å². The number of aryl methyl sites for hydroxylation is 1. The van der Waals surface area contributed by atoms with E-state index >= 15 is 0 Å². The number of likely N-dealkylation sites (tertiary alicyclic amines) is 2. The maximum absolute atomic E-state index is 13.2. The molecule has 4 rings (SSSR count). The fraction of sp³-hybridized carbons (Fsp3) is 0.550. The van der Waals surface area contributed by atoms with E-state index in [2.05, 4.69) is 20.2 Å². The van der Waals surface area contributed by atoms with Gasteiger partial charge in [-0.25, -0.2) is 4.98 Å². The number of hydrogen-bond acceptors (Lipinski definition) is 4. The molecule has 0 bridgehead atoms. The number of nitrogens with one attached hydrogen (secondary N) is 2. The number of hydrogen-bond donors (Lipinski definition) is 2. The van der Waals surface area contributed by atoms with Crippen LogP contribution in [0.25, 0.3) is 11.0 Å². The van der Waals surface area contributed by atoms with Crippen LogP contribution in [0.4, 0.5) is 0 Å². The molecule has 3 heterocycles. The van der Waals surface area contributed by atoms with Crippen LogP contribution in [0.5, 0.6) is 0 Å². The van der Waals surface area contributed by atoms with Gasteiger partial charge in [0.05, 0.1) is 17.0 Å². The van der Waals surface area contributed by atoms with Gasteiger partial charge in [0.2, 0.25) is 5.91 Å². The molecule has 2 N–H and O–H groups in total. The molecule has 0 radical (unpaired) electrons. The second-order valence-electron chi connectivity index (χ2n) is 7.81. The monoisotopic (exact) mass is 369 g/mol. The number of rotatable bonds is 4. The maximum Gasteiger partial charge on any atom is 0.256 e. The van der Waals surface area contributed by atoms with Gasteiger partial charge in [-0.05, 0) is 51.9 Å². The van der Waals surface area contributed by atoms with Crippen LogP contribution < -0.4 is 5.32 Å². The lowest BCUT2D eigenvalue weighted by molar-refractivity contribution is -0.124. The topological polar surface area (TPSA) is 81.3 Å². The van der Waals surface area contributed by atoms with Crippen molar-refractivity contribution >= 4 is 22.8 Å². The second kappa shape index (κ2) is 7.31. The first-order valence-corrected chi connectivity index (χ1v) is 9.75. The molecule has 2 aliphatic heterocycles. The molecule has 0 spiro atoms. The summed E-state index contributed by atoms with van der Waals surface area (Å²) in [4.78, 5) is 37.4. The average Bonchev–Trinajstić information content (AvgIpc) is 3.37. The number of nitrogens with zero attached hydrogens (tertiary/aromatic N) is 3. The Hall–Kier alpha value is -2.41. The zero-order chi connectivity index (χ0) is 19.0. The quantitative estimate of drug-likeness (QED) is 0.857. The highest BCUT2D eigenvalue weighted by Gasteiger charge is 2.32. The van der Waals surface area contributed by atoms with Crippen molar-refractivity contribution in [1.29, 1.82) is 0 Å². The van der Waals surface area contributed by atoms with Crippen LogP contribution in [0.15, 0.2) is 18.2 Å². The standard InChI is InChI=1S/C20H27N5O2/c1-13-22-17-7-3-6-16(18(17)23-13)20(27)25-9-4-5-15(25)11-21-19(26)14-8-10-24(2)12-14/h3,6-7,14-15H,4-5,8-12H2,1-2H3,(H,21,26)(H,22,23)/t14?,15-/m1/s1. The number of carbonyl (C=O) groups excluding carboxylic acids is 2. The lowest BCUT2D eigenvalue weighted by atomic mass is 10.1. The van der Waals surface area contributed by atoms with Crippen LogP contribution in [0.3, 0.4) is 0 Å². The number of fused-ring (bicyclic) bond motifs is 1. The number of aromatic amines is 1. The van der Waals surface area contributed by atoms with Crippen molar-refractivity contribution in [3.63, 3.8) is 0 Å². The smallest absolute Gasteiger partial charge is 0.256 e. The zero-order valence-electron chi connectivity index (χ0n) is 16.0. The first-order chi connectivity index (χ1) is 13.0. The molecule has 2 aliphatic rings. The van der Waals surface area contributed by atoms with Gasteiger partial charge in [0.1, 0.15) is 11.3 Å². The Kier molecular flexibility index (Phi) is 4.86. The van der Waals surface area contributed by atoms with Gasteiger partial charge in [0.15, 0.2) is 0 Å². The molecular weight excluding hydrogens is 342 g/mol. The first-order valence-electron chi connectivity index (χ1n) is 9.75. The van der Waals surface area contributed by atoms with Crippen LogP contribution in [0, 0.1) is 12.8 Å². The maximum atomic E-state index is 13.2. The van der Waals surface area contributed by atoms with E-state index in [0.29, 0.717) is 12.1 Å². The van der Waals surface area contributed by atoms with E-state index in [9.17, 15) is 9.59 Å². The third-order valence-corrected chi connectivity index (χ3v) is 5.77. The fourth-order valence-corrected chi connectivity index (χ4v) is 4.31. The second-order valence-corrected chi connectivity index (χ2v) is 7.81. The summed E-state index contributed by atoms with van der Waals surface area (Å²) in [5.41, 5.74) is 2.24. The van der Waals surface area contributed by atoms with Crippen LogP contribution in [0.2, 0.25) is 0 Å². The van der Waals surface area contributed by atoms with Crippen molar-refractivity contribution in [1.82, 2.24) is 25.1 Å². The molecule has 2 fully saturated rings. The van der Waals surface area contributed by atoms with Crippen LogP contribution >= 0.6 is 0 Å². The van der Waals surface area contributed by atoms with Crippen molar-refractivity contribution < 1.29 is 9.59 Å². The Balaban J connectivity index is 1.44. The van der Waals surface area contributed by atoms with Gasteiger partial charge >= 0.3 is 0 Å². The highest BCUT2D eigenvalue weighted by Crippen LogP contribution is 2.24. The average molecular weight is 369 g/mol. The van der Waals surface area contributed by atoms with E-state index < -0.39 is 0 Å². The number of amides is 2. The molecule has 2 aromatic rings. The summed E-state index contributed by atoms with van der Waals surface area (Å²) in [5.74, 6) is 0.992. The van der Waals surface area contributed by atoms with Gasteiger partial charge in [-0.15, -0.1) is 0 Å². The minimum Gasteiger partial charge on any atom is -0.354 e. The summed E-state index contributed by atoms with van der Waals surface area (Å²) in [6, 6.07) is 5.71. The Labute approximate surface area is 159 Å². The molecule has 7 heteroatoms. The molecule has 1 aromatic carbocycles. The lowest BCUT2D eigenvalue weighted by Gasteiger charge is -2.25. The van der Waals surface area contributed by atoms with E-state index in [4.69, 9.17) is 0 Å². The molecule has 2 atom stereocenters. The molecule has 144 valence electrons. The number of H-pyrrole nitrogens is 1. The summed E-state index contributed by atoms with van der Waals surface area (Å²) in [6.45, 7) is 4.94. The Bertz CT molecular complexity index is 861. The van der Waals surface area contributed by atoms with Gasteiger partial charge in [0, 0.05) is 25.7 Å². The summed E-state index contributed by atoms with van der Waals surface area (Å²) in [7, 11) is 2.04. The predicted octanol–water partition coefficient (Wildman–Crippen LogP) is 1.54. The highest BCUT2D eigenvalue weighted by atomic mass is 16.2. The normalized spacial score (nSPS) is 23.3. The number of benzene rings is 1. The van der Waals surface area contributed by atoms with Crippen LogP contribution in [0.1, 0.15) is 35.4 Å². The summed E-state index contributed by atoms with van der Waals surface area (Å²) < 4.78 is 0. The van der Waals surface area contributed by atoms with E-state index in [1.807, 2.05) is 37.1 Å². The molecular formula is C20H27N5O2. The molecule has 2 amide bonds.